The van der Waals surface area contributed by atoms with Crippen molar-refractivity contribution in [2.45, 2.75) is 90.9 Å². The van der Waals surface area contributed by atoms with Crippen molar-refractivity contribution in [2.75, 3.05) is 19.6 Å². The van der Waals surface area contributed by atoms with Gasteiger partial charge in [-0.05, 0) is 38.3 Å². The van der Waals surface area contributed by atoms with Gasteiger partial charge in [0.25, 0.3) is 0 Å². The SMILES string of the molecule is CCCCCCCCCCCCN1CCCC(C)C1.I. The lowest BCUT2D eigenvalue weighted by Crippen LogP contribution is -2.34. The minimum atomic E-state index is 0. The molecule has 0 N–H and O–H groups in total. The van der Waals surface area contributed by atoms with Crippen LogP contribution in [0.1, 0.15) is 90.9 Å². The van der Waals surface area contributed by atoms with Crippen molar-refractivity contribution < 1.29 is 0 Å². The normalized spacial score (nSPS) is 19.8. The van der Waals surface area contributed by atoms with Gasteiger partial charge in [0.2, 0.25) is 0 Å². The molecular weight excluding hydrogens is 357 g/mol. The molecule has 0 aliphatic carbocycles. The van der Waals surface area contributed by atoms with E-state index in [1.165, 1.54) is 96.7 Å². The lowest BCUT2D eigenvalue weighted by Gasteiger charge is -2.30. The number of unbranched alkanes of at least 4 members (excludes halogenated alkanes) is 9. The molecule has 0 radical (unpaired) electrons. The first-order valence-corrected chi connectivity index (χ1v) is 9.05. The largest absolute Gasteiger partial charge is 0.303 e. The van der Waals surface area contributed by atoms with Crippen LogP contribution in [0, 0.1) is 5.92 Å². The molecular formula is C18H38IN. The maximum Gasteiger partial charge on any atom is 0.000703 e. The quantitative estimate of drug-likeness (QED) is 0.295. The molecule has 1 rings (SSSR count). The van der Waals surface area contributed by atoms with Gasteiger partial charge in [-0.3, -0.25) is 0 Å². The van der Waals surface area contributed by atoms with Crippen molar-refractivity contribution >= 4 is 24.0 Å². The van der Waals surface area contributed by atoms with Crippen molar-refractivity contribution in [3.63, 3.8) is 0 Å². The van der Waals surface area contributed by atoms with Crippen LogP contribution in [0.15, 0.2) is 0 Å². The van der Waals surface area contributed by atoms with Gasteiger partial charge in [0.1, 0.15) is 0 Å². The molecule has 1 aliphatic rings. The van der Waals surface area contributed by atoms with E-state index < -0.39 is 0 Å². The van der Waals surface area contributed by atoms with Gasteiger partial charge >= 0.3 is 0 Å². The van der Waals surface area contributed by atoms with Gasteiger partial charge in [-0.15, -0.1) is 24.0 Å². The number of hydrogen-bond acceptors (Lipinski definition) is 1. The zero-order valence-corrected chi connectivity index (χ0v) is 16.4. The minimum absolute atomic E-state index is 0. The lowest BCUT2D eigenvalue weighted by atomic mass is 10.00. The van der Waals surface area contributed by atoms with E-state index in [1.54, 1.807) is 0 Å². The molecule has 1 aliphatic heterocycles. The van der Waals surface area contributed by atoms with Crippen molar-refractivity contribution in [3.05, 3.63) is 0 Å². The van der Waals surface area contributed by atoms with Gasteiger partial charge in [-0.1, -0.05) is 71.6 Å². The Balaban J connectivity index is 0.00000361. The Labute approximate surface area is 145 Å². The highest BCUT2D eigenvalue weighted by atomic mass is 127. The molecule has 122 valence electrons. The summed E-state index contributed by atoms with van der Waals surface area (Å²) in [5.74, 6) is 0.942. The van der Waals surface area contributed by atoms with Crippen LogP contribution < -0.4 is 0 Å². The van der Waals surface area contributed by atoms with E-state index in [0.29, 0.717) is 0 Å². The van der Waals surface area contributed by atoms with E-state index >= 15 is 0 Å². The number of nitrogens with zero attached hydrogens (tertiary/aromatic N) is 1. The van der Waals surface area contributed by atoms with Crippen molar-refractivity contribution in [2.24, 2.45) is 5.92 Å². The first-order chi connectivity index (χ1) is 9.33. The minimum Gasteiger partial charge on any atom is -0.303 e. The maximum atomic E-state index is 2.69. The molecule has 0 aromatic carbocycles. The average molecular weight is 395 g/mol. The molecule has 1 saturated heterocycles. The molecule has 1 heterocycles. The summed E-state index contributed by atoms with van der Waals surface area (Å²) in [5.41, 5.74) is 0. The van der Waals surface area contributed by atoms with Gasteiger partial charge in [0, 0.05) is 6.54 Å². The van der Waals surface area contributed by atoms with Crippen LogP contribution in [0.2, 0.25) is 0 Å². The summed E-state index contributed by atoms with van der Waals surface area (Å²) in [5, 5.41) is 0. The second-order valence-electron chi connectivity index (χ2n) is 6.73. The van der Waals surface area contributed by atoms with Crippen LogP contribution in [0.25, 0.3) is 0 Å². The van der Waals surface area contributed by atoms with Gasteiger partial charge in [-0.25, -0.2) is 0 Å². The maximum absolute atomic E-state index is 2.69. The zero-order chi connectivity index (χ0) is 13.8. The van der Waals surface area contributed by atoms with Gasteiger partial charge in [0.05, 0.1) is 0 Å². The fraction of sp³-hybridized carbons (Fsp3) is 1.00. The van der Waals surface area contributed by atoms with E-state index in [2.05, 4.69) is 18.7 Å². The summed E-state index contributed by atoms with van der Waals surface area (Å²) in [6.07, 6.45) is 17.4. The van der Waals surface area contributed by atoms with E-state index in [-0.39, 0.29) is 24.0 Å². The Morgan fingerprint density at radius 3 is 1.95 bits per heavy atom. The van der Waals surface area contributed by atoms with Crippen LogP contribution in [0.5, 0.6) is 0 Å². The third-order valence-corrected chi connectivity index (χ3v) is 4.57. The van der Waals surface area contributed by atoms with Crippen LogP contribution in [0.4, 0.5) is 0 Å². The fourth-order valence-electron chi connectivity index (χ4n) is 3.31. The third kappa shape index (κ3) is 11.4. The topological polar surface area (TPSA) is 3.24 Å². The predicted molar refractivity (Wildman–Crippen MR) is 102 cm³/mol. The second kappa shape index (κ2) is 14.6. The van der Waals surface area contributed by atoms with Gasteiger partial charge in [0.15, 0.2) is 0 Å². The predicted octanol–water partition coefficient (Wildman–Crippen LogP) is 6.26. The molecule has 2 heteroatoms. The third-order valence-electron chi connectivity index (χ3n) is 4.57. The molecule has 20 heavy (non-hydrogen) atoms. The van der Waals surface area contributed by atoms with E-state index in [4.69, 9.17) is 0 Å². The number of halogens is 1. The molecule has 1 nitrogen and oxygen atoms in total. The van der Waals surface area contributed by atoms with Crippen LogP contribution in [-0.4, -0.2) is 24.5 Å². The average Bonchev–Trinajstić information content (AvgIpc) is 2.41. The Hall–Kier alpha value is 0.690. The summed E-state index contributed by atoms with van der Waals surface area (Å²) in [7, 11) is 0. The molecule has 1 atom stereocenters. The van der Waals surface area contributed by atoms with Crippen LogP contribution >= 0.6 is 24.0 Å². The number of piperidine rings is 1. The van der Waals surface area contributed by atoms with Crippen molar-refractivity contribution in [1.82, 2.24) is 4.90 Å². The van der Waals surface area contributed by atoms with Crippen LogP contribution in [0.3, 0.4) is 0 Å². The van der Waals surface area contributed by atoms with E-state index in [9.17, 15) is 0 Å². The summed E-state index contributed by atoms with van der Waals surface area (Å²) >= 11 is 0. The molecule has 1 fully saturated rings. The molecule has 0 aromatic heterocycles. The molecule has 0 aromatic rings. The standard InChI is InChI=1S/C18H37N.HI/c1-3-4-5-6-7-8-9-10-11-12-15-19-16-13-14-18(2)17-19;/h18H,3-17H2,1-2H3;1H. The Kier molecular flexibility index (Phi) is 15.1. The molecule has 0 saturated carbocycles. The summed E-state index contributed by atoms with van der Waals surface area (Å²) in [6.45, 7) is 8.79. The monoisotopic (exact) mass is 395 g/mol. The van der Waals surface area contributed by atoms with Crippen molar-refractivity contribution in [1.29, 1.82) is 0 Å². The molecule has 1 unspecified atom stereocenters. The Morgan fingerprint density at radius 2 is 1.40 bits per heavy atom. The van der Waals surface area contributed by atoms with E-state index in [1.807, 2.05) is 0 Å². The highest BCUT2D eigenvalue weighted by Gasteiger charge is 2.14. The first-order valence-electron chi connectivity index (χ1n) is 9.05. The highest BCUT2D eigenvalue weighted by Crippen LogP contribution is 2.16. The number of rotatable bonds is 11. The summed E-state index contributed by atoms with van der Waals surface area (Å²) < 4.78 is 0. The van der Waals surface area contributed by atoms with Crippen molar-refractivity contribution in [3.8, 4) is 0 Å². The van der Waals surface area contributed by atoms with Gasteiger partial charge in [-0.2, -0.15) is 0 Å². The summed E-state index contributed by atoms with van der Waals surface area (Å²) in [4.78, 5) is 2.69. The molecule has 0 bridgehead atoms. The Bertz CT molecular complexity index is 196. The first kappa shape index (κ1) is 20.7. The lowest BCUT2D eigenvalue weighted by molar-refractivity contribution is 0.180. The highest BCUT2D eigenvalue weighted by molar-refractivity contribution is 14.0. The van der Waals surface area contributed by atoms with E-state index in [0.717, 1.165) is 5.92 Å². The molecule has 0 spiro atoms. The summed E-state index contributed by atoms with van der Waals surface area (Å²) in [6, 6.07) is 0. The second-order valence-corrected chi connectivity index (χ2v) is 6.73. The smallest absolute Gasteiger partial charge is 0.000703 e. The fourth-order valence-corrected chi connectivity index (χ4v) is 3.31. The number of hydrogen-bond donors (Lipinski definition) is 0. The number of likely N-dealkylation sites (tertiary alicyclic amines) is 1. The molecule has 0 amide bonds. The Morgan fingerprint density at radius 1 is 0.850 bits per heavy atom. The zero-order valence-electron chi connectivity index (χ0n) is 14.0. The van der Waals surface area contributed by atoms with Gasteiger partial charge < -0.3 is 4.90 Å². The van der Waals surface area contributed by atoms with Crippen LogP contribution in [-0.2, 0) is 0 Å².